The molecule has 13 heteroatoms. The molecule has 2 rings (SSSR count). The van der Waals surface area contributed by atoms with Crippen molar-refractivity contribution in [1.29, 1.82) is 0 Å². The van der Waals surface area contributed by atoms with E-state index in [1.165, 1.54) is 64.7 Å². The van der Waals surface area contributed by atoms with E-state index in [-0.39, 0.29) is 54.2 Å². The van der Waals surface area contributed by atoms with Gasteiger partial charge in [-0.15, -0.1) is 5.10 Å². The molecule has 1 aromatic heterocycles. The SMILES string of the molecule is CC(=O)[C@H](CCCCNC(=O)CCCS(=O)(=O)CC(=O)CCCCCCCCCCCCCCCC1=NN=NC1)CC(=O)CCc1cnc[nH]1. The molecule has 0 aliphatic carbocycles. The van der Waals surface area contributed by atoms with Gasteiger partial charge in [0, 0.05) is 50.0 Å². The summed E-state index contributed by atoms with van der Waals surface area (Å²) >= 11 is 0. The van der Waals surface area contributed by atoms with Crippen LogP contribution in [0, 0.1) is 5.92 Å². The predicted molar refractivity (Wildman–Crippen MR) is 197 cm³/mol. The second-order valence-electron chi connectivity index (χ2n) is 13.9. The molecular weight excluding hydrogens is 657 g/mol. The Kier molecular flexibility index (Phi) is 23.0. The van der Waals surface area contributed by atoms with Gasteiger partial charge in [0.1, 0.15) is 29.6 Å². The summed E-state index contributed by atoms with van der Waals surface area (Å²) in [4.78, 5) is 55.7. The van der Waals surface area contributed by atoms with Gasteiger partial charge >= 0.3 is 0 Å². The molecular formula is C37H62N6O6S. The minimum absolute atomic E-state index is 0.00511. The Morgan fingerprint density at radius 2 is 1.44 bits per heavy atom. The molecule has 0 radical (unpaired) electrons. The van der Waals surface area contributed by atoms with Crippen LogP contribution in [-0.4, -0.2) is 71.9 Å². The number of sulfone groups is 1. The van der Waals surface area contributed by atoms with Crippen LogP contribution in [0.15, 0.2) is 28.0 Å². The number of Topliss-reactive ketones (excluding diaryl/α,β-unsaturated/α-hetero) is 3. The molecule has 0 fully saturated rings. The summed E-state index contributed by atoms with van der Waals surface area (Å²) < 4.78 is 24.8. The molecule has 0 spiro atoms. The van der Waals surface area contributed by atoms with Crippen molar-refractivity contribution in [3.63, 3.8) is 0 Å². The molecule has 1 aromatic rings. The minimum Gasteiger partial charge on any atom is -0.356 e. The van der Waals surface area contributed by atoms with Crippen molar-refractivity contribution >= 4 is 38.8 Å². The molecule has 0 unspecified atom stereocenters. The lowest BCUT2D eigenvalue weighted by atomic mass is 9.91. The number of aromatic nitrogens is 2. The maximum Gasteiger partial charge on any atom is 0.220 e. The summed E-state index contributed by atoms with van der Waals surface area (Å²) in [5, 5.41) is 14.3. The molecule has 12 nitrogen and oxygen atoms in total. The zero-order chi connectivity index (χ0) is 36.3. The number of imidazole rings is 1. The molecule has 2 heterocycles. The highest BCUT2D eigenvalue weighted by Crippen LogP contribution is 2.17. The summed E-state index contributed by atoms with van der Waals surface area (Å²) in [6.07, 6.45) is 23.2. The number of rotatable bonds is 33. The van der Waals surface area contributed by atoms with Crippen LogP contribution in [0.4, 0.5) is 0 Å². The lowest BCUT2D eigenvalue weighted by Gasteiger charge is -2.13. The molecule has 0 bridgehead atoms. The van der Waals surface area contributed by atoms with E-state index in [4.69, 9.17) is 0 Å². The largest absolute Gasteiger partial charge is 0.356 e. The van der Waals surface area contributed by atoms with Crippen LogP contribution >= 0.6 is 0 Å². The van der Waals surface area contributed by atoms with E-state index in [0.717, 1.165) is 43.5 Å². The number of carbonyl (C=O) groups excluding carboxylic acids is 4. The van der Waals surface area contributed by atoms with E-state index in [0.29, 0.717) is 51.6 Å². The van der Waals surface area contributed by atoms with Crippen LogP contribution in [0.5, 0.6) is 0 Å². The molecule has 0 saturated carbocycles. The van der Waals surface area contributed by atoms with Crippen molar-refractivity contribution in [2.45, 2.75) is 155 Å². The monoisotopic (exact) mass is 718 g/mol. The summed E-state index contributed by atoms with van der Waals surface area (Å²) in [6.45, 7) is 2.62. The molecule has 50 heavy (non-hydrogen) atoms. The number of aryl methyl sites for hydroxylation is 1. The van der Waals surface area contributed by atoms with E-state index in [9.17, 15) is 27.6 Å². The first kappa shape index (κ1) is 43.1. The van der Waals surface area contributed by atoms with Crippen LogP contribution in [0.2, 0.25) is 0 Å². The molecule has 0 saturated heterocycles. The van der Waals surface area contributed by atoms with E-state index < -0.39 is 15.6 Å². The fourth-order valence-corrected chi connectivity index (χ4v) is 7.52. The number of nitrogens with one attached hydrogen (secondary N) is 2. The Morgan fingerprint density at radius 3 is 2.04 bits per heavy atom. The molecule has 0 aromatic carbocycles. The number of aromatic amines is 1. The maximum atomic E-state index is 12.4. The summed E-state index contributed by atoms with van der Waals surface area (Å²) in [5.41, 5.74) is 2.01. The second kappa shape index (κ2) is 26.7. The zero-order valence-electron chi connectivity index (χ0n) is 30.5. The summed E-state index contributed by atoms with van der Waals surface area (Å²) in [6, 6.07) is 0. The first-order valence-corrected chi connectivity index (χ1v) is 20.9. The average molecular weight is 719 g/mol. The predicted octanol–water partition coefficient (Wildman–Crippen LogP) is 7.23. The van der Waals surface area contributed by atoms with Crippen LogP contribution in [0.3, 0.4) is 0 Å². The van der Waals surface area contributed by atoms with Crippen LogP contribution in [0.1, 0.15) is 154 Å². The highest BCUT2D eigenvalue weighted by Gasteiger charge is 2.19. The van der Waals surface area contributed by atoms with Gasteiger partial charge in [-0.1, -0.05) is 77.0 Å². The molecule has 2 N–H and O–H groups in total. The zero-order valence-corrected chi connectivity index (χ0v) is 31.3. The van der Waals surface area contributed by atoms with Gasteiger partial charge < -0.3 is 10.3 Å². The molecule has 1 aliphatic heterocycles. The summed E-state index contributed by atoms with van der Waals surface area (Å²) in [7, 11) is -3.53. The highest BCUT2D eigenvalue weighted by atomic mass is 32.2. The van der Waals surface area contributed by atoms with Crippen LogP contribution < -0.4 is 5.32 Å². The van der Waals surface area contributed by atoms with Crippen molar-refractivity contribution < 1.29 is 27.6 Å². The Balaban J connectivity index is 1.37. The van der Waals surface area contributed by atoms with Gasteiger partial charge in [0.25, 0.3) is 0 Å². The van der Waals surface area contributed by atoms with Crippen LogP contribution in [0.25, 0.3) is 0 Å². The van der Waals surface area contributed by atoms with Gasteiger partial charge in [0.2, 0.25) is 5.91 Å². The Morgan fingerprint density at radius 1 is 0.780 bits per heavy atom. The Bertz CT molecular complexity index is 1300. The normalized spacial score (nSPS) is 13.3. The number of amides is 1. The lowest BCUT2D eigenvalue weighted by molar-refractivity contribution is -0.127. The third kappa shape index (κ3) is 22.6. The second-order valence-corrected chi connectivity index (χ2v) is 16.0. The van der Waals surface area contributed by atoms with Gasteiger partial charge in [-0.05, 0) is 57.1 Å². The molecule has 282 valence electrons. The summed E-state index contributed by atoms with van der Waals surface area (Å²) in [5.74, 6) is -1.36. The maximum absolute atomic E-state index is 12.4. The van der Waals surface area contributed by atoms with Crippen LogP contribution in [-0.2, 0) is 35.4 Å². The molecule has 1 atom stereocenters. The number of hydrogen-bond donors (Lipinski definition) is 2. The van der Waals surface area contributed by atoms with Gasteiger partial charge in [0.15, 0.2) is 9.84 Å². The fourth-order valence-electron chi connectivity index (χ4n) is 6.16. The van der Waals surface area contributed by atoms with Gasteiger partial charge in [-0.25, -0.2) is 13.4 Å². The minimum atomic E-state index is -3.53. The highest BCUT2D eigenvalue weighted by molar-refractivity contribution is 7.92. The topological polar surface area (TPSA) is 180 Å². The third-order valence-electron chi connectivity index (χ3n) is 9.24. The quantitative estimate of drug-likeness (QED) is 0.0719. The number of unbranched alkanes of at least 4 members (excludes halogenated alkanes) is 13. The Hall–Kier alpha value is -3.09. The lowest BCUT2D eigenvalue weighted by Crippen LogP contribution is -2.26. The number of ketones is 3. The van der Waals surface area contributed by atoms with Crippen molar-refractivity contribution in [3.05, 3.63) is 18.2 Å². The van der Waals surface area contributed by atoms with E-state index in [2.05, 4.69) is 30.7 Å². The van der Waals surface area contributed by atoms with Crippen molar-refractivity contribution in [2.24, 2.45) is 21.4 Å². The standard InChI is InChI=1S/C37H62N6O6S/c1-31(44)32(26-35(45)23-22-33-27-38-30-40-33)18-15-16-24-39-37(47)21-17-25-50(48,49)29-36(46)20-14-12-10-8-6-4-2-3-5-7-9-11-13-19-34-28-41-43-42-34/h27,30,32H,2-26,28-29H2,1H3,(H,38,40)(H,39,47)/t32-/m1/s1. The fraction of sp³-hybridized carbons (Fsp3) is 0.784. The van der Waals surface area contributed by atoms with Crippen molar-refractivity contribution in [3.8, 4) is 0 Å². The molecule has 1 aliphatic rings. The average Bonchev–Trinajstić information content (AvgIpc) is 3.79. The van der Waals surface area contributed by atoms with Crippen molar-refractivity contribution in [2.75, 3.05) is 24.6 Å². The van der Waals surface area contributed by atoms with Crippen molar-refractivity contribution in [1.82, 2.24) is 15.3 Å². The smallest absolute Gasteiger partial charge is 0.220 e. The number of H-pyrrole nitrogens is 1. The van der Waals surface area contributed by atoms with E-state index in [1.54, 1.807) is 12.5 Å². The van der Waals surface area contributed by atoms with E-state index in [1.807, 2.05) is 0 Å². The number of nitrogens with zero attached hydrogens (tertiary/aromatic N) is 4. The van der Waals surface area contributed by atoms with E-state index >= 15 is 0 Å². The van der Waals surface area contributed by atoms with Gasteiger partial charge in [-0.2, -0.15) is 5.11 Å². The van der Waals surface area contributed by atoms with Gasteiger partial charge in [-0.3, -0.25) is 19.2 Å². The van der Waals surface area contributed by atoms with Gasteiger partial charge in [0.05, 0.1) is 17.8 Å². The molecule has 1 amide bonds. The number of hydrogen-bond acceptors (Lipinski definition) is 10. The third-order valence-corrected chi connectivity index (χ3v) is 10.9. The number of carbonyl (C=O) groups is 4. The first-order valence-electron chi connectivity index (χ1n) is 19.0. The Labute approximate surface area is 299 Å². The first-order chi connectivity index (χ1) is 24.1.